The van der Waals surface area contributed by atoms with Crippen LogP contribution in [0.5, 0.6) is 0 Å². The summed E-state index contributed by atoms with van der Waals surface area (Å²) in [6.45, 7) is 4.57. The highest BCUT2D eigenvalue weighted by Crippen LogP contribution is 2.22. The van der Waals surface area contributed by atoms with Gasteiger partial charge >= 0.3 is 0 Å². The highest BCUT2D eigenvalue weighted by Gasteiger charge is 2.25. The lowest BCUT2D eigenvalue weighted by Gasteiger charge is -2.29. The largest absolute Gasteiger partial charge is 0.355 e. The van der Waals surface area contributed by atoms with Crippen molar-refractivity contribution in [1.82, 2.24) is 10.2 Å². The quantitative estimate of drug-likeness (QED) is 0.716. The second kappa shape index (κ2) is 10.3. The minimum absolute atomic E-state index is 0.120. The maximum atomic E-state index is 13.0. The molecule has 27 heavy (non-hydrogen) atoms. The van der Waals surface area contributed by atoms with Crippen LogP contribution in [-0.4, -0.2) is 35.8 Å². The standard InChI is InChI=1S/C21H24Cl2N2O2/c1-3-24-21(27)15(2)25(12-11-16-7-5-4-6-8-16)20(26)13-17-9-10-18(22)14-19(17)23/h4-10,14-15H,3,11-13H2,1-2H3,(H,24,27)/t15-/m1/s1. The molecule has 0 heterocycles. The van der Waals surface area contributed by atoms with Crippen molar-refractivity contribution in [1.29, 1.82) is 0 Å². The molecule has 0 spiro atoms. The Morgan fingerprint density at radius 2 is 1.81 bits per heavy atom. The van der Waals surface area contributed by atoms with Crippen LogP contribution in [0.2, 0.25) is 10.0 Å². The molecule has 2 aromatic carbocycles. The molecular formula is C21H24Cl2N2O2. The van der Waals surface area contributed by atoms with Gasteiger partial charge in [-0.05, 0) is 43.5 Å². The van der Waals surface area contributed by atoms with Crippen LogP contribution in [0.4, 0.5) is 0 Å². The summed E-state index contributed by atoms with van der Waals surface area (Å²) in [5, 5.41) is 3.75. The van der Waals surface area contributed by atoms with Crippen LogP contribution in [0.1, 0.15) is 25.0 Å². The lowest BCUT2D eigenvalue weighted by Crippen LogP contribution is -2.49. The van der Waals surface area contributed by atoms with Crippen molar-refractivity contribution in [3.63, 3.8) is 0 Å². The van der Waals surface area contributed by atoms with Crippen LogP contribution >= 0.6 is 23.2 Å². The van der Waals surface area contributed by atoms with E-state index in [-0.39, 0.29) is 18.2 Å². The average Bonchev–Trinajstić information content (AvgIpc) is 2.65. The first-order chi connectivity index (χ1) is 12.9. The molecule has 0 saturated heterocycles. The molecule has 0 radical (unpaired) electrons. The fourth-order valence-electron chi connectivity index (χ4n) is 2.82. The molecule has 1 atom stereocenters. The van der Waals surface area contributed by atoms with E-state index in [1.165, 1.54) is 0 Å². The van der Waals surface area contributed by atoms with Crippen molar-refractivity contribution >= 4 is 35.0 Å². The van der Waals surface area contributed by atoms with E-state index in [0.717, 1.165) is 5.56 Å². The van der Waals surface area contributed by atoms with Crippen molar-refractivity contribution in [2.45, 2.75) is 32.7 Å². The van der Waals surface area contributed by atoms with Gasteiger partial charge in [-0.15, -0.1) is 0 Å². The van der Waals surface area contributed by atoms with Crippen LogP contribution in [0.3, 0.4) is 0 Å². The summed E-state index contributed by atoms with van der Waals surface area (Å²) < 4.78 is 0. The van der Waals surface area contributed by atoms with Crippen LogP contribution in [0.15, 0.2) is 48.5 Å². The topological polar surface area (TPSA) is 49.4 Å². The van der Waals surface area contributed by atoms with Gasteiger partial charge in [-0.1, -0.05) is 59.6 Å². The Morgan fingerprint density at radius 3 is 2.44 bits per heavy atom. The fourth-order valence-corrected chi connectivity index (χ4v) is 3.30. The van der Waals surface area contributed by atoms with E-state index in [1.807, 2.05) is 37.3 Å². The van der Waals surface area contributed by atoms with Gasteiger partial charge < -0.3 is 10.2 Å². The molecule has 4 nitrogen and oxygen atoms in total. The van der Waals surface area contributed by atoms with E-state index in [4.69, 9.17) is 23.2 Å². The number of rotatable bonds is 8. The second-order valence-corrected chi connectivity index (χ2v) is 7.15. The lowest BCUT2D eigenvalue weighted by molar-refractivity contribution is -0.139. The number of carbonyl (C=O) groups is 2. The predicted octanol–water partition coefficient (Wildman–Crippen LogP) is 4.13. The SMILES string of the molecule is CCNC(=O)[C@@H](C)N(CCc1ccccc1)C(=O)Cc1ccc(Cl)cc1Cl. The molecule has 144 valence electrons. The van der Waals surface area contributed by atoms with Gasteiger partial charge in [-0.2, -0.15) is 0 Å². The zero-order chi connectivity index (χ0) is 19.8. The van der Waals surface area contributed by atoms with Crippen molar-refractivity contribution in [3.05, 3.63) is 69.7 Å². The highest BCUT2D eigenvalue weighted by atomic mass is 35.5. The van der Waals surface area contributed by atoms with Gasteiger partial charge in [0.15, 0.2) is 0 Å². The number of nitrogens with one attached hydrogen (secondary N) is 1. The third-order valence-electron chi connectivity index (χ3n) is 4.36. The first-order valence-corrected chi connectivity index (χ1v) is 9.73. The smallest absolute Gasteiger partial charge is 0.242 e. The van der Waals surface area contributed by atoms with Crippen LogP contribution in [-0.2, 0) is 22.4 Å². The minimum atomic E-state index is -0.563. The van der Waals surface area contributed by atoms with Crippen molar-refractivity contribution < 1.29 is 9.59 Å². The number of carbonyl (C=O) groups excluding carboxylic acids is 2. The van der Waals surface area contributed by atoms with Gasteiger partial charge in [0.25, 0.3) is 0 Å². The average molecular weight is 407 g/mol. The number of hydrogen-bond donors (Lipinski definition) is 1. The number of benzene rings is 2. The van der Waals surface area contributed by atoms with Crippen molar-refractivity contribution in [3.8, 4) is 0 Å². The molecule has 1 N–H and O–H groups in total. The predicted molar refractivity (Wildman–Crippen MR) is 110 cm³/mol. The Labute approximate surface area is 170 Å². The molecule has 2 amide bonds. The highest BCUT2D eigenvalue weighted by molar-refractivity contribution is 6.35. The fraction of sp³-hybridized carbons (Fsp3) is 0.333. The van der Waals surface area contributed by atoms with E-state index in [2.05, 4.69) is 5.32 Å². The van der Waals surface area contributed by atoms with Gasteiger partial charge in [-0.3, -0.25) is 9.59 Å². The molecule has 2 rings (SSSR count). The summed E-state index contributed by atoms with van der Waals surface area (Å²) in [5.74, 6) is -0.310. The van der Waals surface area contributed by atoms with Gasteiger partial charge in [0.2, 0.25) is 11.8 Å². The molecule has 0 aromatic heterocycles. The summed E-state index contributed by atoms with van der Waals surface area (Å²) in [5.41, 5.74) is 1.81. The maximum absolute atomic E-state index is 13.0. The molecule has 2 aromatic rings. The molecule has 0 saturated carbocycles. The van der Waals surface area contributed by atoms with E-state index >= 15 is 0 Å². The van der Waals surface area contributed by atoms with E-state index in [1.54, 1.807) is 30.0 Å². The van der Waals surface area contributed by atoms with Crippen molar-refractivity contribution in [2.24, 2.45) is 0 Å². The number of nitrogens with zero attached hydrogens (tertiary/aromatic N) is 1. The lowest BCUT2D eigenvalue weighted by atomic mass is 10.1. The Bertz CT molecular complexity index is 781. The Kier molecular flexibility index (Phi) is 8.14. The van der Waals surface area contributed by atoms with Gasteiger partial charge in [0, 0.05) is 23.1 Å². The van der Waals surface area contributed by atoms with Crippen molar-refractivity contribution in [2.75, 3.05) is 13.1 Å². The first-order valence-electron chi connectivity index (χ1n) is 8.97. The van der Waals surface area contributed by atoms with E-state index in [0.29, 0.717) is 35.1 Å². The number of amides is 2. The monoisotopic (exact) mass is 406 g/mol. The molecule has 0 aliphatic carbocycles. The summed E-state index contributed by atoms with van der Waals surface area (Å²) in [6.07, 6.45) is 0.791. The van der Waals surface area contributed by atoms with Crippen LogP contribution in [0, 0.1) is 0 Å². The molecule has 0 fully saturated rings. The van der Waals surface area contributed by atoms with Gasteiger partial charge in [0.1, 0.15) is 6.04 Å². The summed E-state index contributed by atoms with van der Waals surface area (Å²) in [4.78, 5) is 26.9. The Morgan fingerprint density at radius 1 is 1.11 bits per heavy atom. The van der Waals surface area contributed by atoms with Gasteiger partial charge in [-0.25, -0.2) is 0 Å². The summed E-state index contributed by atoms with van der Waals surface area (Å²) in [7, 11) is 0. The zero-order valence-corrected chi connectivity index (χ0v) is 17.1. The number of hydrogen-bond acceptors (Lipinski definition) is 2. The summed E-state index contributed by atoms with van der Waals surface area (Å²) in [6, 6.07) is 14.4. The Hall–Kier alpha value is -2.04. The van der Waals surface area contributed by atoms with Crippen LogP contribution in [0.25, 0.3) is 0 Å². The minimum Gasteiger partial charge on any atom is -0.355 e. The Balaban J connectivity index is 2.16. The van der Waals surface area contributed by atoms with E-state index in [9.17, 15) is 9.59 Å². The normalized spacial score (nSPS) is 11.7. The number of halogens is 2. The zero-order valence-electron chi connectivity index (χ0n) is 15.5. The molecule has 6 heteroatoms. The molecule has 0 aliphatic heterocycles. The second-order valence-electron chi connectivity index (χ2n) is 6.31. The summed E-state index contributed by atoms with van der Waals surface area (Å²) >= 11 is 12.1. The first kappa shape index (κ1) is 21.3. The molecule has 0 bridgehead atoms. The van der Waals surface area contributed by atoms with E-state index < -0.39 is 6.04 Å². The van der Waals surface area contributed by atoms with Gasteiger partial charge in [0.05, 0.1) is 6.42 Å². The third-order valence-corrected chi connectivity index (χ3v) is 4.95. The van der Waals surface area contributed by atoms with Crippen LogP contribution < -0.4 is 5.32 Å². The third kappa shape index (κ3) is 6.26. The molecular weight excluding hydrogens is 383 g/mol. The molecule has 0 aliphatic rings. The maximum Gasteiger partial charge on any atom is 0.242 e. The number of likely N-dealkylation sites (N-methyl/N-ethyl adjacent to an activating group) is 1. The molecule has 0 unspecified atom stereocenters.